The molecule has 0 aliphatic heterocycles. The van der Waals surface area contributed by atoms with Gasteiger partial charge in [-0.05, 0) is 66.4 Å². The van der Waals surface area contributed by atoms with Gasteiger partial charge in [-0.25, -0.2) is 0 Å². The van der Waals surface area contributed by atoms with Gasteiger partial charge in [0.1, 0.15) is 18.3 Å². The minimum absolute atomic E-state index is 0.0969. The van der Waals surface area contributed by atoms with Gasteiger partial charge in [-0.1, -0.05) is 141 Å². The van der Waals surface area contributed by atoms with Crippen LogP contribution in [0, 0.1) is 17.3 Å². The lowest BCUT2D eigenvalue weighted by Gasteiger charge is -2.43. The van der Waals surface area contributed by atoms with Crippen LogP contribution in [0.25, 0.3) is 6.08 Å². The molecule has 222 valence electrons. The van der Waals surface area contributed by atoms with Crippen molar-refractivity contribution in [3.8, 4) is 0 Å². The van der Waals surface area contributed by atoms with Gasteiger partial charge in [0.2, 0.25) is 0 Å². The number of hydrogen-bond acceptors (Lipinski definition) is 2. The number of allylic oxidation sites excluding steroid dienone is 3. The summed E-state index contributed by atoms with van der Waals surface area (Å²) >= 11 is 0. The number of ether oxygens (including phenoxy) is 2. The van der Waals surface area contributed by atoms with E-state index in [1.165, 1.54) is 40.4 Å². The van der Waals surface area contributed by atoms with Gasteiger partial charge in [-0.2, -0.15) is 0 Å². The summed E-state index contributed by atoms with van der Waals surface area (Å²) in [6.45, 7) is 28.8. The van der Waals surface area contributed by atoms with Gasteiger partial charge in [0.25, 0.3) is 0 Å². The van der Waals surface area contributed by atoms with E-state index in [2.05, 4.69) is 115 Å². The molecule has 1 atom stereocenters. The third kappa shape index (κ3) is 10.5. The van der Waals surface area contributed by atoms with Gasteiger partial charge in [0, 0.05) is 5.41 Å². The Morgan fingerprint density at radius 1 is 0.854 bits per heavy atom. The third-order valence-electron chi connectivity index (χ3n) is 7.87. The summed E-state index contributed by atoms with van der Waals surface area (Å²) < 4.78 is 11.6. The van der Waals surface area contributed by atoms with Crippen LogP contribution in [0.2, 0.25) is 0 Å². The van der Waals surface area contributed by atoms with E-state index >= 15 is 0 Å². The van der Waals surface area contributed by atoms with Crippen LogP contribution in [0.15, 0.2) is 114 Å². The van der Waals surface area contributed by atoms with Crippen LogP contribution in [-0.4, -0.2) is 0 Å². The normalized spacial score (nSPS) is 11.9. The lowest BCUT2D eigenvalue weighted by molar-refractivity contribution is 0.274. The number of benzene rings is 1. The van der Waals surface area contributed by atoms with Crippen molar-refractivity contribution in [1.82, 2.24) is 0 Å². The lowest BCUT2D eigenvalue weighted by atomic mass is 9.62. The highest BCUT2D eigenvalue weighted by Crippen LogP contribution is 2.51. The van der Waals surface area contributed by atoms with E-state index in [4.69, 9.17) is 16.1 Å². The molecule has 0 fully saturated rings. The second kappa shape index (κ2) is 19.6. The zero-order valence-corrected chi connectivity index (χ0v) is 26.9. The largest absolute Gasteiger partial charge is 0.464 e. The van der Waals surface area contributed by atoms with Crippen LogP contribution >= 0.6 is 0 Å². The molecular formula is C39H54O2. The van der Waals surface area contributed by atoms with Crippen molar-refractivity contribution < 1.29 is 9.47 Å². The van der Waals surface area contributed by atoms with Crippen molar-refractivity contribution in [3.05, 3.63) is 120 Å². The van der Waals surface area contributed by atoms with Crippen LogP contribution in [-0.2, 0) is 9.47 Å². The van der Waals surface area contributed by atoms with Crippen LogP contribution < -0.4 is 0 Å². The van der Waals surface area contributed by atoms with E-state index in [9.17, 15) is 0 Å². The van der Waals surface area contributed by atoms with E-state index in [0.29, 0.717) is 5.92 Å². The van der Waals surface area contributed by atoms with Crippen molar-refractivity contribution in [1.29, 1.82) is 0 Å². The Morgan fingerprint density at radius 2 is 1.44 bits per heavy atom. The van der Waals surface area contributed by atoms with E-state index in [-0.39, 0.29) is 11.3 Å². The average Bonchev–Trinajstić information content (AvgIpc) is 2.97. The molecule has 1 aromatic rings. The quantitative estimate of drug-likeness (QED) is 0.0961. The molecule has 0 heterocycles. The Labute approximate surface area is 251 Å². The Bertz CT molecular complexity index is 1160. The standard InChI is InChI=1S/C39H54O2/c1-11-23-35(24-12-2)38(41-29-22-18-21-28-40-16-6)37(33(10)39(14-4,15-5)32(9)31(7)8)36(25-13-3)30-34-26-19-17-20-27-34/h16-17,19-20,26-31,37H,6,9-15,23-25H2,1-5,7-8H3. The van der Waals surface area contributed by atoms with Crippen molar-refractivity contribution in [2.75, 3.05) is 0 Å². The highest BCUT2D eigenvalue weighted by atomic mass is 16.5. The molecule has 41 heavy (non-hydrogen) atoms. The third-order valence-corrected chi connectivity index (χ3v) is 7.87. The van der Waals surface area contributed by atoms with Crippen LogP contribution in [0.1, 0.15) is 105 Å². The van der Waals surface area contributed by atoms with Crippen molar-refractivity contribution in [2.45, 2.75) is 99.8 Å². The van der Waals surface area contributed by atoms with Gasteiger partial charge in [-0.15, -0.1) is 0 Å². The zero-order valence-electron chi connectivity index (χ0n) is 26.9. The van der Waals surface area contributed by atoms with Gasteiger partial charge >= 0.3 is 0 Å². The summed E-state index contributed by atoms with van der Waals surface area (Å²) in [6, 6.07) is 10.6. The monoisotopic (exact) mass is 554 g/mol. The fraction of sp³-hybridized carbons (Fsp3) is 0.462. The summed E-state index contributed by atoms with van der Waals surface area (Å²) in [7, 11) is 0. The topological polar surface area (TPSA) is 18.5 Å². The molecule has 1 rings (SSSR count). The predicted molar refractivity (Wildman–Crippen MR) is 178 cm³/mol. The fourth-order valence-corrected chi connectivity index (χ4v) is 5.70. The molecule has 0 saturated heterocycles. The van der Waals surface area contributed by atoms with Gasteiger partial charge in [-0.3, -0.25) is 0 Å². The Morgan fingerprint density at radius 3 is 1.95 bits per heavy atom. The molecule has 0 radical (unpaired) electrons. The maximum Gasteiger partial charge on any atom is 0.141 e. The molecule has 1 aromatic carbocycles. The highest BCUT2D eigenvalue weighted by molar-refractivity contribution is 5.57. The maximum absolute atomic E-state index is 6.62. The summed E-state index contributed by atoms with van der Waals surface area (Å²) in [5.74, 6) is 1.22. The summed E-state index contributed by atoms with van der Waals surface area (Å²) in [5.41, 5.74) is 14.6. The van der Waals surface area contributed by atoms with Crippen molar-refractivity contribution in [3.63, 3.8) is 0 Å². The molecule has 1 unspecified atom stereocenters. The second-order valence-corrected chi connectivity index (χ2v) is 10.8. The molecule has 0 saturated carbocycles. The number of rotatable bonds is 19. The van der Waals surface area contributed by atoms with Crippen LogP contribution in [0.4, 0.5) is 0 Å². The first-order valence-corrected chi connectivity index (χ1v) is 15.5. The van der Waals surface area contributed by atoms with E-state index in [1.54, 1.807) is 6.26 Å². The van der Waals surface area contributed by atoms with Crippen molar-refractivity contribution in [2.24, 2.45) is 17.3 Å². The first-order valence-electron chi connectivity index (χ1n) is 15.5. The van der Waals surface area contributed by atoms with Gasteiger partial charge in [0.15, 0.2) is 0 Å². The summed E-state index contributed by atoms with van der Waals surface area (Å²) in [5, 5.41) is 0. The molecule has 0 aliphatic rings. The second-order valence-electron chi connectivity index (χ2n) is 10.8. The van der Waals surface area contributed by atoms with E-state index in [1.807, 2.05) is 0 Å². The Kier molecular flexibility index (Phi) is 17.1. The first kappa shape index (κ1) is 35.6. The summed E-state index contributed by atoms with van der Waals surface area (Å²) in [6.07, 6.45) is 14.5. The highest BCUT2D eigenvalue weighted by Gasteiger charge is 2.40. The Hall–Kier alpha value is -3.40. The first-order chi connectivity index (χ1) is 19.8. The van der Waals surface area contributed by atoms with Crippen LogP contribution in [0.5, 0.6) is 0 Å². The minimum atomic E-state index is -0.218. The van der Waals surface area contributed by atoms with Gasteiger partial charge in [0.05, 0.1) is 12.2 Å². The van der Waals surface area contributed by atoms with E-state index < -0.39 is 0 Å². The summed E-state index contributed by atoms with van der Waals surface area (Å²) in [4.78, 5) is 0. The van der Waals surface area contributed by atoms with Crippen LogP contribution in [0.3, 0.4) is 0 Å². The molecule has 0 spiro atoms. The maximum atomic E-state index is 6.62. The molecule has 0 aromatic heterocycles. The molecule has 0 N–H and O–H groups in total. The number of hydrogen-bond donors (Lipinski definition) is 0. The molecule has 0 aliphatic carbocycles. The molecule has 2 heteroatoms. The molecule has 0 bridgehead atoms. The molecular weight excluding hydrogens is 500 g/mol. The fourth-order valence-electron chi connectivity index (χ4n) is 5.70. The Balaban J connectivity index is 4.14. The van der Waals surface area contributed by atoms with Crippen molar-refractivity contribution >= 4 is 6.08 Å². The average molecular weight is 555 g/mol. The minimum Gasteiger partial charge on any atom is -0.464 e. The van der Waals surface area contributed by atoms with Gasteiger partial charge < -0.3 is 9.47 Å². The zero-order chi connectivity index (χ0) is 30.7. The lowest BCUT2D eigenvalue weighted by Crippen LogP contribution is -2.32. The molecule has 0 amide bonds. The SMILES string of the molecule is C=COC=C=C=C=COC(=C(CCC)CCC)C(C(=C)C(CC)(CC)C(=C)C(C)C)C(=Cc1ccccc1)CCC. The smallest absolute Gasteiger partial charge is 0.141 e. The molecule has 2 nitrogen and oxygen atoms in total. The predicted octanol–water partition coefficient (Wildman–Crippen LogP) is 12.0. The van der Waals surface area contributed by atoms with E-state index in [0.717, 1.165) is 57.1 Å².